The van der Waals surface area contributed by atoms with Crippen LogP contribution >= 0.6 is 0 Å². The molecule has 0 aromatic carbocycles. The van der Waals surface area contributed by atoms with Crippen LogP contribution in [-0.4, -0.2) is 35.1 Å². The van der Waals surface area contributed by atoms with Gasteiger partial charge in [-0.15, -0.1) is 0 Å². The zero-order chi connectivity index (χ0) is 7.54. The second-order valence-electron chi connectivity index (χ2n) is 1.52. The van der Waals surface area contributed by atoms with Crippen LogP contribution in [0.3, 0.4) is 0 Å². The fourth-order valence-corrected chi connectivity index (χ4v) is 0.0707. The molecule has 0 unspecified atom stereocenters. The zero-order valence-corrected chi connectivity index (χ0v) is 5.88. The van der Waals surface area contributed by atoms with Gasteiger partial charge in [0.25, 0.3) is 0 Å². The normalized spacial score (nSPS) is 7.20. The first-order valence-electron chi connectivity index (χ1n) is 3.16. The maximum atomic E-state index is 7.91. The van der Waals surface area contributed by atoms with Crippen molar-refractivity contribution in [1.82, 2.24) is 0 Å². The van der Waals surface area contributed by atoms with Crippen LogP contribution in [0, 0.1) is 0 Å². The summed E-state index contributed by atoms with van der Waals surface area (Å²) in [5, 5.41) is 23.7. The van der Waals surface area contributed by atoms with Gasteiger partial charge in [0.1, 0.15) is 0 Å². The van der Waals surface area contributed by atoms with Gasteiger partial charge in [0.15, 0.2) is 0 Å². The first kappa shape index (κ1) is 16.5. The molecule has 3 nitrogen and oxygen atoms in total. The van der Waals surface area contributed by atoms with E-state index in [1.165, 1.54) is 0 Å². The van der Waals surface area contributed by atoms with Gasteiger partial charge >= 0.3 is 0 Å². The Morgan fingerprint density at radius 3 is 1.20 bits per heavy atom. The highest BCUT2D eigenvalue weighted by atomic mass is 16.3. The lowest BCUT2D eigenvalue weighted by atomic mass is 10.5. The third kappa shape index (κ3) is 45.0. The minimum Gasteiger partial charge on any atom is -0.396 e. The Hall–Kier alpha value is -0.120. The molecule has 0 aliphatic rings. The fraction of sp³-hybridized carbons (Fsp3) is 1.00. The molecule has 10 heavy (non-hydrogen) atoms. The molecule has 3 N–H and O–H groups in total. The average Bonchev–Trinajstić information content (AvgIpc) is 1.91. The molecule has 0 aliphatic heterocycles. The van der Waals surface area contributed by atoms with Crippen molar-refractivity contribution in [2.75, 3.05) is 19.8 Å². The van der Waals surface area contributed by atoms with Gasteiger partial charge in [-0.2, -0.15) is 0 Å². The van der Waals surface area contributed by atoms with E-state index in [1.807, 2.05) is 6.92 Å². The molecule has 0 saturated carbocycles. The molecule has 3 heteroatoms. The van der Waals surface area contributed by atoms with Crippen LogP contribution in [0.5, 0.6) is 0 Å². The van der Waals surface area contributed by atoms with Crippen LogP contribution < -0.4 is 0 Å². The molecule has 0 atom stereocenters. The molecule has 0 radical (unpaired) electrons. The Morgan fingerprint density at radius 1 is 0.900 bits per heavy atom. The van der Waals surface area contributed by atoms with Gasteiger partial charge in [-0.25, -0.2) is 0 Å². The van der Waals surface area contributed by atoms with Crippen molar-refractivity contribution in [2.24, 2.45) is 0 Å². The van der Waals surface area contributed by atoms with Crippen LogP contribution in [0.1, 0.15) is 27.2 Å². The van der Waals surface area contributed by atoms with Crippen molar-refractivity contribution in [1.29, 1.82) is 0 Å². The lowest BCUT2D eigenvalue weighted by Gasteiger charge is -1.79. The second-order valence-corrected chi connectivity index (χ2v) is 1.52. The first-order chi connectivity index (χ1) is 4.33. The summed E-state index contributed by atoms with van der Waals surface area (Å²) >= 11 is 0. The average molecular weight is 152 g/mol. The molecule has 0 bridgehead atoms. The summed E-state index contributed by atoms with van der Waals surface area (Å²) in [5.74, 6) is 0. The Morgan fingerprint density at radius 2 is 1.20 bits per heavy atom. The van der Waals surface area contributed by atoms with Gasteiger partial charge in [-0.05, 0) is 12.8 Å². The van der Waals surface area contributed by atoms with E-state index in [4.69, 9.17) is 15.3 Å². The van der Waals surface area contributed by atoms with Crippen molar-refractivity contribution in [3.8, 4) is 0 Å². The fourth-order valence-electron chi connectivity index (χ4n) is 0.0707. The highest BCUT2D eigenvalue weighted by Crippen LogP contribution is 1.65. The van der Waals surface area contributed by atoms with Crippen LogP contribution in [0.25, 0.3) is 0 Å². The molecule has 0 heterocycles. The molecule has 0 saturated heterocycles. The summed E-state index contributed by atoms with van der Waals surface area (Å²) < 4.78 is 0. The molecule has 0 aliphatic carbocycles. The first-order valence-corrected chi connectivity index (χ1v) is 3.16. The minimum absolute atomic E-state index is 0. The third-order valence-electron chi connectivity index (χ3n) is 0.540. The number of hydrogen-bond acceptors (Lipinski definition) is 3. The molecule has 0 aromatic rings. The van der Waals surface area contributed by atoms with Gasteiger partial charge in [0, 0.05) is 19.8 Å². The highest BCUT2D eigenvalue weighted by molar-refractivity contribution is 4.22. The van der Waals surface area contributed by atoms with E-state index in [0.29, 0.717) is 13.0 Å². The summed E-state index contributed by atoms with van der Waals surface area (Å²) in [6.07, 6.45) is 1.38. The lowest BCUT2D eigenvalue weighted by molar-refractivity contribution is 0.221. The summed E-state index contributed by atoms with van der Waals surface area (Å²) in [4.78, 5) is 0. The molecule has 0 rings (SSSR count). The Balaban J connectivity index is -0.0000000910. The third-order valence-corrected chi connectivity index (χ3v) is 0.540. The SMILES string of the molecule is C.CCCO.OCCCO. The van der Waals surface area contributed by atoms with Crippen molar-refractivity contribution in [2.45, 2.75) is 27.2 Å². The van der Waals surface area contributed by atoms with Gasteiger partial charge in [0.2, 0.25) is 0 Å². The van der Waals surface area contributed by atoms with Crippen molar-refractivity contribution < 1.29 is 15.3 Å². The van der Waals surface area contributed by atoms with Crippen LogP contribution in [-0.2, 0) is 0 Å². The number of aliphatic hydroxyl groups excluding tert-OH is 3. The monoisotopic (exact) mass is 152 g/mol. The summed E-state index contributed by atoms with van der Waals surface area (Å²) in [7, 11) is 0. The minimum atomic E-state index is 0. The largest absolute Gasteiger partial charge is 0.396 e. The second kappa shape index (κ2) is 23.2. The zero-order valence-electron chi connectivity index (χ0n) is 5.88. The standard InChI is InChI=1S/C3H8O2.C3H8O.CH4/c4-2-1-3-5;1-2-3-4;/h4-5H,1-3H2;4H,2-3H2,1H3;1H4. The van der Waals surface area contributed by atoms with E-state index >= 15 is 0 Å². The lowest BCUT2D eigenvalue weighted by Crippen LogP contribution is -1.85. The van der Waals surface area contributed by atoms with Crippen molar-refractivity contribution in [3.63, 3.8) is 0 Å². The topological polar surface area (TPSA) is 60.7 Å². The molecule has 0 amide bonds. The number of hydrogen-bond donors (Lipinski definition) is 3. The smallest absolute Gasteiger partial charge is 0.0452 e. The summed E-state index contributed by atoms with van der Waals surface area (Å²) in [5.41, 5.74) is 0. The Kier molecular flexibility index (Phi) is 38.1. The summed E-state index contributed by atoms with van der Waals surface area (Å²) in [6.45, 7) is 2.44. The molecule has 0 spiro atoms. The van der Waals surface area contributed by atoms with E-state index in [1.54, 1.807) is 0 Å². The van der Waals surface area contributed by atoms with Crippen molar-refractivity contribution in [3.05, 3.63) is 0 Å². The van der Waals surface area contributed by atoms with Gasteiger partial charge < -0.3 is 15.3 Å². The molecular weight excluding hydrogens is 132 g/mol. The molecule has 66 valence electrons. The van der Waals surface area contributed by atoms with E-state index in [9.17, 15) is 0 Å². The predicted molar refractivity (Wildman–Crippen MR) is 42.9 cm³/mol. The van der Waals surface area contributed by atoms with Gasteiger partial charge in [-0.3, -0.25) is 0 Å². The maximum Gasteiger partial charge on any atom is 0.0452 e. The molecule has 0 aromatic heterocycles. The van der Waals surface area contributed by atoms with Crippen LogP contribution in [0.4, 0.5) is 0 Å². The van der Waals surface area contributed by atoms with E-state index in [0.717, 1.165) is 6.42 Å². The van der Waals surface area contributed by atoms with E-state index in [-0.39, 0.29) is 20.6 Å². The van der Waals surface area contributed by atoms with Crippen LogP contribution in [0.2, 0.25) is 0 Å². The van der Waals surface area contributed by atoms with E-state index in [2.05, 4.69) is 0 Å². The van der Waals surface area contributed by atoms with Crippen LogP contribution in [0.15, 0.2) is 0 Å². The quantitative estimate of drug-likeness (QED) is 0.548. The van der Waals surface area contributed by atoms with E-state index < -0.39 is 0 Å². The Labute approximate surface area is 63.3 Å². The maximum absolute atomic E-state index is 7.91. The summed E-state index contributed by atoms with van der Waals surface area (Å²) in [6, 6.07) is 0. The highest BCUT2D eigenvalue weighted by Gasteiger charge is 1.70. The number of aliphatic hydroxyl groups is 3. The molecule has 0 fully saturated rings. The van der Waals surface area contributed by atoms with Crippen molar-refractivity contribution >= 4 is 0 Å². The van der Waals surface area contributed by atoms with Gasteiger partial charge in [-0.1, -0.05) is 14.4 Å². The number of rotatable bonds is 3. The Bertz CT molecular complexity index is 28.0. The predicted octanol–water partition coefficient (Wildman–Crippen LogP) is 0.386. The molecular formula is C7H20O3. The van der Waals surface area contributed by atoms with Gasteiger partial charge in [0.05, 0.1) is 0 Å².